The average molecular weight is 493 g/mol. The lowest BCUT2D eigenvalue weighted by Gasteiger charge is -2.26. The molecule has 168 valence electrons. The predicted molar refractivity (Wildman–Crippen MR) is 124 cm³/mol. The number of ether oxygens (including phenoxy) is 1. The van der Waals surface area contributed by atoms with Crippen molar-refractivity contribution in [3.63, 3.8) is 0 Å². The SMILES string of the molecule is CN(c1ccc(OCC(=O)NC2CCSc3ccc(F)cc32)cc1)S(=O)(=O)c1cccs1. The summed E-state index contributed by atoms with van der Waals surface area (Å²) in [5, 5.41) is 4.62. The van der Waals surface area contributed by atoms with E-state index < -0.39 is 10.0 Å². The second-order valence-electron chi connectivity index (χ2n) is 7.13. The van der Waals surface area contributed by atoms with Crippen molar-refractivity contribution in [3.8, 4) is 5.75 Å². The summed E-state index contributed by atoms with van der Waals surface area (Å²) < 4.78 is 45.9. The third kappa shape index (κ3) is 4.92. The number of anilines is 1. The average Bonchev–Trinajstić information content (AvgIpc) is 3.34. The number of fused-ring (bicyclic) bond motifs is 1. The molecule has 2 aromatic carbocycles. The van der Waals surface area contributed by atoms with Gasteiger partial charge in [-0.1, -0.05) is 6.07 Å². The Morgan fingerprint density at radius 3 is 2.72 bits per heavy atom. The van der Waals surface area contributed by atoms with Crippen LogP contribution < -0.4 is 14.4 Å². The summed E-state index contributed by atoms with van der Waals surface area (Å²) in [6.45, 7) is -0.197. The molecule has 0 radical (unpaired) electrons. The first-order chi connectivity index (χ1) is 15.3. The van der Waals surface area contributed by atoms with E-state index >= 15 is 0 Å². The van der Waals surface area contributed by atoms with Crippen molar-refractivity contribution in [1.82, 2.24) is 5.32 Å². The van der Waals surface area contributed by atoms with Gasteiger partial charge in [-0.15, -0.1) is 23.1 Å². The number of hydrogen-bond donors (Lipinski definition) is 1. The van der Waals surface area contributed by atoms with Gasteiger partial charge in [0.25, 0.3) is 15.9 Å². The van der Waals surface area contributed by atoms with Gasteiger partial charge < -0.3 is 10.1 Å². The van der Waals surface area contributed by atoms with Gasteiger partial charge in [-0.05, 0) is 65.9 Å². The normalized spacial score (nSPS) is 15.6. The molecule has 1 unspecified atom stereocenters. The number of carbonyl (C=O) groups excluding carboxylic acids is 1. The molecule has 1 aliphatic rings. The number of carbonyl (C=O) groups is 1. The van der Waals surface area contributed by atoms with Gasteiger partial charge in [0.2, 0.25) is 0 Å². The zero-order valence-electron chi connectivity index (χ0n) is 17.2. The number of benzene rings is 2. The van der Waals surface area contributed by atoms with Crippen molar-refractivity contribution in [1.29, 1.82) is 0 Å². The van der Waals surface area contributed by atoms with Crippen LogP contribution in [-0.2, 0) is 14.8 Å². The molecular formula is C22H21FN2O4S3. The molecule has 0 aliphatic carbocycles. The molecule has 1 aliphatic heterocycles. The number of amides is 1. The molecule has 6 nitrogen and oxygen atoms in total. The molecule has 0 bridgehead atoms. The van der Waals surface area contributed by atoms with Crippen LogP contribution in [0.25, 0.3) is 0 Å². The molecule has 0 spiro atoms. The maximum Gasteiger partial charge on any atom is 0.273 e. The number of sulfonamides is 1. The quantitative estimate of drug-likeness (QED) is 0.528. The van der Waals surface area contributed by atoms with Gasteiger partial charge in [-0.2, -0.15) is 0 Å². The van der Waals surface area contributed by atoms with Gasteiger partial charge in [-0.3, -0.25) is 9.10 Å². The second kappa shape index (κ2) is 9.51. The maximum atomic E-state index is 13.6. The number of nitrogens with zero attached hydrogens (tertiary/aromatic N) is 1. The highest BCUT2D eigenvalue weighted by Gasteiger charge is 2.24. The van der Waals surface area contributed by atoms with E-state index in [0.717, 1.165) is 27.5 Å². The minimum absolute atomic E-state index is 0.197. The summed E-state index contributed by atoms with van der Waals surface area (Å²) >= 11 is 2.80. The number of rotatable bonds is 7. The molecule has 4 rings (SSSR count). The van der Waals surface area contributed by atoms with Crippen molar-refractivity contribution in [2.24, 2.45) is 0 Å². The van der Waals surface area contributed by atoms with Crippen LogP contribution >= 0.6 is 23.1 Å². The summed E-state index contributed by atoms with van der Waals surface area (Å²) in [6.07, 6.45) is 0.715. The van der Waals surface area contributed by atoms with E-state index in [1.807, 2.05) is 0 Å². The minimum Gasteiger partial charge on any atom is -0.484 e. The molecule has 1 amide bonds. The highest BCUT2D eigenvalue weighted by molar-refractivity contribution is 7.99. The van der Waals surface area contributed by atoms with Crippen LogP contribution in [0, 0.1) is 5.82 Å². The first kappa shape index (κ1) is 22.6. The molecule has 0 fully saturated rings. The Hall–Kier alpha value is -2.56. The molecule has 1 N–H and O–H groups in total. The fourth-order valence-electron chi connectivity index (χ4n) is 3.34. The molecular weight excluding hydrogens is 471 g/mol. The number of nitrogens with one attached hydrogen (secondary N) is 1. The molecule has 0 saturated carbocycles. The fourth-order valence-corrected chi connectivity index (χ4v) is 6.80. The Bertz CT molecular complexity index is 1200. The Labute approximate surface area is 194 Å². The van der Waals surface area contributed by atoms with Crippen molar-refractivity contribution >= 4 is 44.7 Å². The van der Waals surface area contributed by atoms with Gasteiger partial charge in [-0.25, -0.2) is 12.8 Å². The highest BCUT2D eigenvalue weighted by atomic mass is 32.2. The van der Waals surface area contributed by atoms with Crippen molar-refractivity contribution in [3.05, 3.63) is 71.4 Å². The standard InChI is InChI=1S/C22H21FN2O4S3/c1-25(32(27,28)22-3-2-11-31-22)16-5-7-17(8-6-16)29-14-21(26)24-19-10-12-30-20-9-4-15(23)13-18(19)20/h2-9,11,13,19H,10,12,14H2,1H3,(H,24,26). The number of hydrogen-bond acceptors (Lipinski definition) is 6. The second-order valence-corrected chi connectivity index (χ2v) is 11.4. The van der Waals surface area contributed by atoms with Gasteiger partial charge in [0.05, 0.1) is 11.7 Å². The smallest absolute Gasteiger partial charge is 0.273 e. The Morgan fingerprint density at radius 1 is 1.22 bits per heavy atom. The third-order valence-electron chi connectivity index (χ3n) is 5.03. The summed E-state index contributed by atoms with van der Waals surface area (Å²) in [5.41, 5.74) is 1.27. The Kier molecular flexibility index (Phi) is 6.73. The zero-order valence-corrected chi connectivity index (χ0v) is 19.6. The largest absolute Gasteiger partial charge is 0.484 e. The Balaban J connectivity index is 1.35. The lowest BCUT2D eigenvalue weighted by Crippen LogP contribution is -2.34. The van der Waals surface area contributed by atoms with E-state index in [1.165, 1.54) is 23.5 Å². The Morgan fingerprint density at radius 2 is 2.00 bits per heavy atom. The summed E-state index contributed by atoms with van der Waals surface area (Å²) in [5.74, 6) is 0.649. The molecule has 3 aromatic rings. The van der Waals surface area contributed by atoms with Gasteiger partial charge in [0, 0.05) is 17.7 Å². The highest BCUT2D eigenvalue weighted by Crippen LogP contribution is 2.36. The van der Waals surface area contributed by atoms with Crippen LogP contribution in [0.1, 0.15) is 18.0 Å². The van der Waals surface area contributed by atoms with Crippen molar-refractivity contribution in [2.45, 2.75) is 21.6 Å². The first-order valence-electron chi connectivity index (χ1n) is 9.81. The van der Waals surface area contributed by atoms with E-state index in [0.29, 0.717) is 17.9 Å². The van der Waals surface area contributed by atoms with E-state index in [9.17, 15) is 17.6 Å². The lowest BCUT2D eigenvalue weighted by molar-refractivity contribution is -0.123. The molecule has 1 atom stereocenters. The molecule has 1 aromatic heterocycles. The van der Waals surface area contributed by atoms with E-state index in [4.69, 9.17) is 4.74 Å². The van der Waals surface area contributed by atoms with E-state index in [2.05, 4.69) is 5.32 Å². The van der Waals surface area contributed by atoms with E-state index in [-0.39, 0.29) is 28.6 Å². The van der Waals surface area contributed by atoms with Gasteiger partial charge in [0.15, 0.2) is 6.61 Å². The monoisotopic (exact) mass is 492 g/mol. The van der Waals surface area contributed by atoms with Crippen LogP contribution in [0.2, 0.25) is 0 Å². The summed E-state index contributed by atoms with van der Waals surface area (Å²) in [6, 6.07) is 14.1. The predicted octanol–water partition coefficient (Wildman–Crippen LogP) is 4.44. The number of thioether (sulfide) groups is 1. The summed E-state index contributed by atoms with van der Waals surface area (Å²) in [7, 11) is -2.13. The fraction of sp³-hybridized carbons (Fsp3) is 0.227. The maximum absolute atomic E-state index is 13.6. The molecule has 0 saturated heterocycles. The van der Waals surface area contributed by atoms with Crippen LogP contribution in [0.4, 0.5) is 10.1 Å². The third-order valence-corrected chi connectivity index (χ3v) is 9.31. The van der Waals surface area contributed by atoms with Crippen LogP contribution in [-0.4, -0.2) is 33.7 Å². The van der Waals surface area contributed by atoms with E-state index in [1.54, 1.807) is 59.6 Å². The molecule has 2 heterocycles. The van der Waals surface area contributed by atoms with Gasteiger partial charge in [0.1, 0.15) is 15.8 Å². The first-order valence-corrected chi connectivity index (χ1v) is 13.1. The van der Waals surface area contributed by atoms with Crippen molar-refractivity contribution < 1.29 is 22.3 Å². The molecule has 32 heavy (non-hydrogen) atoms. The number of thiophene rings is 1. The summed E-state index contributed by atoms with van der Waals surface area (Å²) in [4.78, 5) is 13.4. The van der Waals surface area contributed by atoms with Crippen LogP contribution in [0.5, 0.6) is 5.75 Å². The van der Waals surface area contributed by atoms with Gasteiger partial charge >= 0.3 is 0 Å². The van der Waals surface area contributed by atoms with Crippen molar-refractivity contribution in [2.75, 3.05) is 23.7 Å². The molecule has 10 heteroatoms. The van der Waals surface area contributed by atoms with Crippen LogP contribution in [0.15, 0.2) is 69.1 Å². The zero-order chi connectivity index (χ0) is 22.7. The van der Waals surface area contributed by atoms with Crippen LogP contribution in [0.3, 0.4) is 0 Å². The number of halogens is 1. The minimum atomic E-state index is -3.61. The topological polar surface area (TPSA) is 75.7 Å². The lowest BCUT2D eigenvalue weighted by atomic mass is 10.0.